The summed E-state index contributed by atoms with van der Waals surface area (Å²) in [5, 5.41) is 8.96. The third kappa shape index (κ3) is 3.54. The zero-order valence-electron chi connectivity index (χ0n) is 12.0. The summed E-state index contributed by atoms with van der Waals surface area (Å²) in [5.41, 5.74) is 1.84. The smallest absolute Gasteiger partial charge is 0.395 e. The molecule has 0 spiro atoms. The van der Waals surface area contributed by atoms with Crippen molar-refractivity contribution < 1.29 is 14.7 Å². The van der Waals surface area contributed by atoms with Crippen LogP contribution < -0.4 is 4.90 Å². The number of aryl methyl sites for hydroxylation is 1. The normalized spacial score (nSPS) is 10.6. The minimum atomic E-state index is -1.52. The second-order valence-electron chi connectivity index (χ2n) is 4.37. The van der Waals surface area contributed by atoms with E-state index in [0.29, 0.717) is 17.8 Å². The first-order chi connectivity index (χ1) is 10.6. The first-order valence-electron chi connectivity index (χ1n) is 6.73. The number of carboxylic acids is 1. The average molecular weight is 297 g/mol. The van der Waals surface area contributed by atoms with Gasteiger partial charge in [0.15, 0.2) is 0 Å². The van der Waals surface area contributed by atoms with Crippen molar-refractivity contribution in [2.24, 2.45) is 0 Å². The fourth-order valence-corrected chi connectivity index (χ4v) is 1.90. The van der Waals surface area contributed by atoms with Crippen molar-refractivity contribution in [2.75, 3.05) is 4.90 Å². The largest absolute Gasteiger partial charge is 0.474 e. The summed E-state index contributed by atoms with van der Waals surface area (Å²) in [6, 6.07) is 8.55. The lowest BCUT2D eigenvalue weighted by Gasteiger charge is -2.16. The maximum atomic E-state index is 11.9. The number of rotatable bonds is 4. The quantitative estimate of drug-likeness (QED) is 0.874. The maximum absolute atomic E-state index is 11.9. The lowest BCUT2D eigenvalue weighted by Crippen LogP contribution is -2.32. The molecule has 0 aliphatic heterocycles. The van der Waals surface area contributed by atoms with Gasteiger partial charge in [-0.15, -0.1) is 0 Å². The highest BCUT2D eigenvalue weighted by Gasteiger charge is 2.20. The highest BCUT2D eigenvalue weighted by molar-refractivity contribution is 6.37. The Morgan fingerprint density at radius 1 is 1.18 bits per heavy atom. The fraction of sp³-hybridized carbons (Fsp3) is 0.125. The number of anilines is 1. The van der Waals surface area contributed by atoms with E-state index in [1.807, 2.05) is 6.92 Å². The molecule has 0 unspecified atom stereocenters. The molecular formula is C16H15N3O3. The molecule has 0 saturated heterocycles. The third-order valence-corrected chi connectivity index (χ3v) is 2.96. The number of nitrogens with zero attached hydrogens (tertiary/aromatic N) is 3. The van der Waals surface area contributed by atoms with Crippen molar-refractivity contribution in [1.29, 1.82) is 0 Å². The zero-order chi connectivity index (χ0) is 15.9. The molecule has 0 saturated carbocycles. The van der Waals surface area contributed by atoms with Gasteiger partial charge in [0, 0.05) is 24.3 Å². The monoisotopic (exact) mass is 297 g/mol. The number of aliphatic carboxylic acids is 1. The second-order valence-corrected chi connectivity index (χ2v) is 4.37. The number of amides is 1. The van der Waals surface area contributed by atoms with Crippen molar-refractivity contribution in [2.45, 2.75) is 13.3 Å². The molecule has 0 aliphatic carbocycles. The van der Waals surface area contributed by atoms with E-state index in [-0.39, 0.29) is 0 Å². The Bertz CT molecular complexity index is 699. The van der Waals surface area contributed by atoms with Crippen LogP contribution in [0, 0.1) is 0 Å². The van der Waals surface area contributed by atoms with E-state index >= 15 is 0 Å². The molecule has 1 N–H and O–H groups in total. The maximum Gasteiger partial charge on any atom is 0.395 e. The number of para-hydroxylation sites is 1. The zero-order valence-corrected chi connectivity index (χ0v) is 12.0. The number of benzene rings is 1. The highest BCUT2D eigenvalue weighted by Crippen LogP contribution is 2.15. The minimum absolute atomic E-state index is 0.466. The molecule has 0 bridgehead atoms. The van der Waals surface area contributed by atoms with Crippen molar-refractivity contribution in [3.8, 4) is 0 Å². The van der Waals surface area contributed by atoms with E-state index in [1.54, 1.807) is 48.8 Å². The SMILES string of the molecule is CCc1nccnc1C=CN(C(=O)C(=O)O)c1ccccc1. The van der Waals surface area contributed by atoms with Gasteiger partial charge in [0.2, 0.25) is 0 Å². The van der Waals surface area contributed by atoms with Crippen LogP contribution in [-0.2, 0) is 16.0 Å². The summed E-state index contributed by atoms with van der Waals surface area (Å²) in [6.07, 6.45) is 6.80. The predicted molar refractivity (Wildman–Crippen MR) is 82.0 cm³/mol. The summed E-state index contributed by atoms with van der Waals surface area (Å²) in [5.74, 6) is -2.56. The summed E-state index contributed by atoms with van der Waals surface area (Å²) in [7, 11) is 0. The van der Waals surface area contributed by atoms with Gasteiger partial charge in [0.05, 0.1) is 11.4 Å². The average Bonchev–Trinajstić information content (AvgIpc) is 2.56. The molecule has 112 valence electrons. The lowest BCUT2D eigenvalue weighted by atomic mass is 10.2. The fourth-order valence-electron chi connectivity index (χ4n) is 1.90. The Morgan fingerprint density at radius 3 is 2.50 bits per heavy atom. The standard InChI is InChI=1S/C16H15N3O3/c1-2-13-14(18-10-9-17-13)8-11-19(15(20)16(21)22)12-6-4-3-5-7-12/h3-11H,2H2,1H3,(H,21,22). The van der Waals surface area contributed by atoms with E-state index in [2.05, 4.69) is 9.97 Å². The Balaban J connectivity index is 2.36. The van der Waals surface area contributed by atoms with E-state index in [1.165, 1.54) is 6.20 Å². The first-order valence-corrected chi connectivity index (χ1v) is 6.73. The van der Waals surface area contributed by atoms with Crippen LogP contribution in [0.3, 0.4) is 0 Å². The summed E-state index contributed by atoms with van der Waals surface area (Å²) >= 11 is 0. The van der Waals surface area contributed by atoms with Crippen LogP contribution in [0.5, 0.6) is 0 Å². The molecule has 1 aromatic carbocycles. The van der Waals surface area contributed by atoms with Gasteiger partial charge in [-0.3, -0.25) is 19.7 Å². The molecule has 2 rings (SSSR count). The molecule has 1 aromatic heterocycles. The number of carbonyl (C=O) groups excluding carboxylic acids is 1. The molecular weight excluding hydrogens is 282 g/mol. The second kappa shape index (κ2) is 7.12. The van der Waals surface area contributed by atoms with E-state index in [4.69, 9.17) is 5.11 Å². The van der Waals surface area contributed by atoms with Crippen molar-refractivity contribution in [3.05, 3.63) is 60.3 Å². The summed E-state index contributed by atoms with van der Waals surface area (Å²) in [6.45, 7) is 1.94. The highest BCUT2D eigenvalue weighted by atomic mass is 16.4. The molecule has 6 nitrogen and oxygen atoms in total. The number of carboxylic acid groups (broad SMARTS) is 1. The lowest BCUT2D eigenvalue weighted by molar-refractivity contribution is -0.148. The summed E-state index contributed by atoms with van der Waals surface area (Å²) < 4.78 is 0. The molecule has 0 aliphatic rings. The van der Waals surface area contributed by atoms with Gasteiger partial charge in [0.1, 0.15) is 0 Å². The topological polar surface area (TPSA) is 83.4 Å². The Labute approximate surface area is 127 Å². The first kappa shape index (κ1) is 15.4. The van der Waals surface area contributed by atoms with Crippen LogP contribution >= 0.6 is 0 Å². The Kier molecular flexibility index (Phi) is 4.98. The number of aromatic nitrogens is 2. The molecule has 0 atom stereocenters. The van der Waals surface area contributed by atoms with Crippen LogP contribution in [0.1, 0.15) is 18.3 Å². The number of hydrogen-bond acceptors (Lipinski definition) is 4. The molecule has 2 aromatic rings. The van der Waals surface area contributed by atoms with Gasteiger partial charge < -0.3 is 5.11 Å². The van der Waals surface area contributed by atoms with Crippen molar-refractivity contribution in [3.63, 3.8) is 0 Å². The van der Waals surface area contributed by atoms with Crippen molar-refractivity contribution >= 4 is 23.6 Å². The van der Waals surface area contributed by atoms with Gasteiger partial charge >= 0.3 is 11.9 Å². The third-order valence-electron chi connectivity index (χ3n) is 2.96. The molecule has 0 radical (unpaired) electrons. The van der Waals surface area contributed by atoms with Gasteiger partial charge in [-0.05, 0) is 24.6 Å². The van der Waals surface area contributed by atoms with Crippen LogP contribution in [0.15, 0.2) is 48.9 Å². The van der Waals surface area contributed by atoms with E-state index in [0.717, 1.165) is 10.6 Å². The van der Waals surface area contributed by atoms with Crippen LogP contribution in [0.2, 0.25) is 0 Å². The molecule has 1 amide bonds. The molecule has 6 heteroatoms. The van der Waals surface area contributed by atoms with Gasteiger partial charge in [-0.1, -0.05) is 25.1 Å². The van der Waals surface area contributed by atoms with E-state index < -0.39 is 11.9 Å². The number of carbonyl (C=O) groups is 2. The van der Waals surface area contributed by atoms with Gasteiger partial charge in [-0.25, -0.2) is 4.79 Å². The van der Waals surface area contributed by atoms with Crippen LogP contribution in [0.4, 0.5) is 5.69 Å². The predicted octanol–water partition coefficient (Wildman–Crippen LogP) is 2.13. The van der Waals surface area contributed by atoms with E-state index in [9.17, 15) is 9.59 Å². The van der Waals surface area contributed by atoms with Gasteiger partial charge in [0.25, 0.3) is 0 Å². The van der Waals surface area contributed by atoms with Crippen molar-refractivity contribution in [1.82, 2.24) is 9.97 Å². The summed E-state index contributed by atoms with van der Waals surface area (Å²) in [4.78, 5) is 32.3. The van der Waals surface area contributed by atoms with Crippen LogP contribution in [0.25, 0.3) is 6.08 Å². The Morgan fingerprint density at radius 2 is 1.86 bits per heavy atom. The van der Waals surface area contributed by atoms with Crippen LogP contribution in [-0.4, -0.2) is 27.0 Å². The molecule has 0 fully saturated rings. The molecule has 22 heavy (non-hydrogen) atoms. The molecule has 1 heterocycles. The van der Waals surface area contributed by atoms with Gasteiger partial charge in [-0.2, -0.15) is 0 Å². The minimum Gasteiger partial charge on any atom is -0.474 e. The number of hydrogen-bond donors (Lipinski definition) is 1. The Hall–Kier alpha value is -3.02.